The van der Waals surface area contributed by atoms with E-state index in [9.17, 15) is 0 Å². The van der Waals surface area contributed by atoms with Gasteiger partial charge in [-0.3, -0.25) is 4.68 Å². The highest BCUT2D eigenvalue weighted by atomic mass is 15.3. The van der Waals surface area contributed by atoms with Crippen molar-refractivity contribution >= 4 is 11.6 Å². The molecule has 4 heterocycles. The van der Waals surface area contributed by atoms with Crippen LogP contribution >= 0.6 is 0 Å². The molecule has 3 aromatic rings. The molecule has 0 bridgehead atoms. The predicted molar refractivity (Wildman–Crippen MR) is 111 cm³/mol. The predicted octanol–water partition coefficient (Wildman–Crippen LogP) is 2.18. The van der Waals surface area contributed by atoms with Crippen LogP contribution in [-0.2, 0) is 13.1 Å². The van der Waals surface area contributed by atoms with Gasteiger partial charge in [-0.2, -0.15) is 5.10 Å². The van der Waals surface area contributed by atoms with Gasteiger partial charge in [0.1, 0.15) is 11.6 Å². The summed E-state index contributed by atoms with van der Waals surface area (Å²) in [4.78, 5) is 13.9. The van der Waals surface area contributed by atoms with Crippen LogP contribution in [0.5, 0.6) is 0 Å². The monoisotopic (exact) mass is 377 g/mol. The quantitative estimate of drug-likeness (QED) is 0.681. The Hall–Kier alpha value is -2.93. The van der Waals surface area contributed by atoms with E-state index in [4.69, 9.17) is 0 Å². The summed E-state index contributed by atoms with van der Waals surface area (Å²) in [6, 6.07) is 12.5. The first kappa shape index (κ1) is 18.4. The molecule has 28 heavy (non-hydrogen) atoms. The zero-order valence-electron chi connectivity index (χ0n) is 16.3. The maximum atomic E-state index is 4.69. The molecule has 0 unspecified atom stereocenters. The van der Waals surface area contributed by atoms with E-state index in [1.54, 1.807) is 0 Å². The van der Waals surface area contributed by atoms with Crippen molar-refractivity contribution in [3.63, 3.8) is 0 Å². The number of rotatable bonds is 7. The molecule has 1 fully saturated rings. The molecule has 7 heteroatoms. The summed E-state index contributed by atoms with van der Waals surface area (Å²) in [6.07, 6.45) is 7.55. The highest BCUT2D eigenvalue weighted by Gasteiger charge is 2.21. The normalized spacial score (nSPS) is 15.6. The van der Waals surface area contributed by atoms with Gasteiger partial charge in [0.05, 0.1) is 6.54 Å². The number of nitrogens with zero attached hydrogens (tertiary/aromatic N) is 6. The zero-order valence-corrected chi connectivity index (χ0v) is 16.3. The van der Waals surface area contributed by atoms with Gasteiger partial charge in [-0.1, -0.05) is 12.1 Å². The SMILES string of the molecule is C[C@@H](Cn1cccn1)NCc1cccnc1N1CCN(c2ccccn2)CC1. The molecule has 0 saturated carbocycles. The molecule has 1 saturated heterocycles. The molecule has 146 valence electrons. The number of nitrogens with one attached hydrogen (secondary N) is 1. The number of anilines is 2. The lowest BCUT2D eigenvalue weighted by Gasteiger charge is -2.36. The summed E-state index contributed by atoms with van der Waals surface area (Å²) in [7, 11) is 0. The van der Waals surface area contributed by atoms with Gasteiger partial charge in [0.15, 0.2) is 0 Å². The van der Waals surface area contributed by atoms with Gasteiger partial charge in [-0.15, -0.1) is 0 Å². The first-order chi connectivity index (χ1) is 13.8. The van der Waals surface area contributed by atoms with E-state index < -0.39 is 0 Å². The van der Waals surface area contributed by atoms with Crippen LogP contribution in [0.1, 0.15) is 12.5 Å². The second kappa shape index (κ2) is 8.84. The fraction of sp³-hybridized carbons (Fsp3) is 0.381. The molecule has 3 aromatic heterocycles. The van der Waals surface area contributed by atoms with Crippen LogP contribution < -0.4 is 15.1 Å². The molecule has 0 aromatic carbocycles. The van der Waals surface area contributed by atoms with E-state index in [-0.39, 0.29) is 0 Å². The Morgan fingerprint density at radius 3 is 2.50 bits per heavy atom. The highest BCUT2D eigenvalue weighted by molar-refractivity contribution is 5.49. The minimum Gasteiger partial charge on any atom is -0.353 e. The van der Waals surface area contributed by atoms with Crippen LogP contribution in [0.4, 0.5) is 11.6 Å². The molecule has 0 radical (unpaired) electrons. The van der Waals surface area contributed by atoms with Gasteiger partial charge >= 0.3 is 0 Å². The van der Waals surface area contributed by atoms with Gasteiger partial charge < -0.3 is 15.1 Å². The maximum Gasteiger partial charge on any atom is 0.133 e. The van der Waals surface area contributed by atoms with Crippen molar-refractivity contribution in [1.82, 2.24) is 25.1 Å². The summed E-state index contributed by atoms with van der Waals surface area (Å²) < 4.78 is 1.96. The molecule has 4 rings (SSSR count). The van der Waals surface area contributed by atoms with Gasteiger partial charge in [-0.05, 0) is 31.2 Å². The average Bonchev–Trinajstić information content (AvgIpc) is 3.26. The number of hydrogen-bond donors (Lipinski definition) is 1. The third-order valence-corrected chi connectivity index (χ3v) is 5.08. The lowest BCUT2D eigenvalue weighted by atomic mass is 10.2. The fourth-order valence-electron chi connectivity index (χ4n) is 3.58. The van der Waals surface area contributed by atoms with Crippen molar-refractivity contribution in [2.75, 3.05) is 36.0 Å². The van der Waals surface area contributed by atoms with Crippen molar-refractivity contribution in [1.29, 1.82) is 0 Å². The summed E-state index contributed by atoms with van der Waals surface area (Å²) in [5.74, 6) is 2.14. The topological polar surface area (TPSA) is 62.1 Å². The largest absolute Gasteiger partial charge is 0.353 e. The second-order valence-electron chi connectivity index (χ2n) is 7.16. The van der Waals surface area contributed by atoms with E-state index in [1.165, 1.54) is 5.56 Å². The Morgan fingerprint density at radius 2 is 1.75 bits per heavy atom. The standard InChI is InChI=1S/C21H27N7/c1-18(17-28-11-5-10-25-28)24-16-19-6-4-9-23-21(19)27-14-12-26(13-15-27)20-7-2-3-8-22-20/h2-11,18,24H,12-17H2,1H3/t18-/m0/s1. The van der Waals surface area contributed by atoms with E-state index in [0.717, 1.165) is 50.9 Å². The third kappa shape index (κ3) is 4.48. The van der Waals surface area contributed by atoms with Crippen LogP contribution in [0.25, 0.3) is 0 Å². The Bertz CT molecular complexity index is 842. The van der Waals surface area contributed by atoms with Gasteiger partial charge in [0.25, 0.3) is 0 Å². The van der Waals surface area contributed by atoms with Crippen molar-refractivity contribution < 1.29 is 0 Å². The maximum absolute atomic E-state index is 4.69. The fourth-order valence-corrected chi connectivity index (χ4v) is 3.58. The van der Waals surface area contributed by atoms with Gasteiger partial charge in [0, 0.05) is 69.1 Å². The minimum absolute atomic E-state index is 0.328. The van der Waals surface area contributed by atoms with Gasteiger partial charge in [-0.25, -0.2) is 9.97 Å². The van der Waals surface area contributed by atoms with E-state index >= 15 is 0 Å². The highest BCUT2D eigenvalue weighted by Crippen LogP contribution is 2.21. The van der Waals surface area contributed by atoms with Gasteiger partial charge in [0.2, 0.25) is 0 Å². The van der Waals surface area contributed by atoms with Crippen molar-refractivity contribution in [2.24, 2.45) is 0 Å². The number of pyridine rings is 2. The lowest BCUT2D eigenvalue weighted by molar-refractivity contribution is 0.450. The third-order valence-electron chi connectivity index (χ3n) is 5.08. The summed E-state index contributed by atoms with van der Waals surface area (Å²) in [6.45, 7) is 7.64. The van der Waals surface area contributed by atoms with E-state index in [2.05, 4.69) is 49.2 Å². The van der Waals surface area contributed by atoms with Crippen LogP contribution in [0.3, 0.4) is 0 Å². The molecule has 1 N–H and O–H groups in total. The van der Waals surface area contributed by atoms with Crippen LogP contribution in [0.2, 0.25) is 0 Å². The summed E-state index contributed by atoms with van der Waals surface area (Å²) in [5, 5.41) is 7.88. The zero-order chi connectivity index (χ0) is 19.2. The Labute approximate surface area is 166 Å². The minimum atomic E-state index is 0.328. The number of hydrogen-bond acceptors (Lipinski definition) is 6. The Morgan fingerprint density at radius 1 is 0.929 bits per heavy atom. The van der Waals surface area contributed by atoms with Crippen molar-refractivity contribution in [3.8, 4) is 0 Å². The number of aromatic nitrogens is 4. The summed E-state index contributed by atoms with van der Waals surface area (Å²) in [5.41, 5.74) is 1.24. The second-order valence-corrected chi connectivity index (χ2v) is 7.16. The Kier molecular flexibility index (Phi) is 5.82. The molecule has 0 amide bonds. The molecular formula is C21H27N7. The molecular weight excluding hydrogens is 350 g/mol. The van der Waals surface area contributed by atoms with E-state index in [0.29, 0.717) is 6.04 Å². The number of piperazine rings is 1. The smallest absolute Gasteiger partial charge is 0.133 e. The molecule has 7 nitrogen and oxygen atoms in total. The van der Waals surface area contributed by atoms with Crippen LogP contribution in [0.15, 0.2) is 61.2 Å². The van der Waals surface area contributed by atoms with Crippen LogP contribution in [0, 0.1) is 0 Å². The summed E-state index contributed by atoms with van der Waals surface area (Å²) >= 11 is 0. The molecule has 0 spiro atoms. The molecule has 1 aliphatic rings. The van der Waals surface area contributed by atoms with Crippen LogP contribution in [-0.4, -0.2) is 52.0 Å². The first-order valence-corrected chi connectivity index (χ1v) is 9.85. The Balaban J connectivity index is 1.35. The molecule has 1 atom stereocenters. The lowest BCUT2D eigenvalue weighted by Crippen LogP contribution is -2.47. The van der Waals surface area contributed by atoms with Crippen molar-refractivity contribution in [3.05, 3.63) is 66.7 Å². The molecule has 1 aliphatic heterocycles. The molecule has 0 aliphatic carbocycles. The first-order valence-electron chi connectivity index (χ1n) is 9.85. The van der Waals surface area contributed by atoms with E-state index in [1.807, 2.05) is 53.7 Å². The average molecular weight is 377 g/mol. The van der Waals surface area contributed by atoms with Crippen molar-refractivity contribution in [2.45, 2.75) is 26.1 Å².